The van der Waals surface area contributed by atoms with Crippen LogP contribution in [-0.2, 0) is 18.7 Å². The van der Waals surface area contributed by atoms with Crippen LogP contribution in [0.3, 0.4) is 0 Å². The van der Waals surface area contributed by atoms with E-state index in [4.69, 9.17) is 4.42 Å². The van der Waals surface area contributed by atoms with Gasteiger partial charge in [0.15, 0.2) is 0 Å². The van der Waals surface area contributed by atoms with Crippen LogP contribution in [0.1, 0.15) is 23.3 Å². The van der Waals surface area contributed by atoms with Gasteiger partial charge in [-0.2, -0.15) is 8.78 Å². The smallest absolute Gasteiger partial charge is 0.284 e. The minimum Gasteiger partial charge on any atom is -0.464 e. The molecule has 2 rings (SSSR count). The summed E-state index contributed by atoms with van der Waals surface area (Å²) in [6.07, 6.45) is 0.979. The van der Waals surface area contributed by atoms with Crippen molar-refractivity contribution in [2.75, 3.05) is 0 Å². The Kier molecular flexibility index (Phi) is 6.06. The van der Waals surface area contributed by atoms with Gasteiger partial charge in [-0.15, -0.1) is 11.3 Å². The van der Waals surface area contributed by atoms with Crippen molar-refractivity contribution < 1.29 is 13.2 Å². The van der Waals surface area contributed by atoms with Gasteiger partial charge in [0.2, 0.25) is 0 Å². The van der Waals surface area contributed by atoms with Gasteiger partial charge in [-0.05, 0) is 36.9 Å². The van der Waals surface area contributed by atoms with Crippen LogP contribution >= 0.6 is 23.1 Å². The molecule has 20 heavy (non-hydrogen) atoms. The van der Waals surface area contributed by atoms with E-state index in [9.17, 15) is 8.78 Å². The van der Waals surface area contributed by atoms with Crippen LogP contribution in [0.4, 0.5) is 8.78 Å². The average molecular weight is 317 g/mol. The third kappa shape index (κ3) is 5.26. The first-order chi connectivity index (χ1) is 9.63. The standard InChI is InChI=1S/C14H17F2NOS2/c1-10(7-13-3-2-6-19-13)17-8-11-4-5-12(18-11)9-20-14(15)16/h2-6,10,14,17H,7-9H2,1H3. The number of alkyl halides is 2. The Balaban J connectivity index is 1.73. The average Bonchev–Trinajstić information content (AvgIpc) is 3.05. The number of thioether (sulfide) groups is 1. The molecular formula is C14H17F2NOS2. The van der Waals surface area contributed by atoms with Gasteiger partial charge in [-0.3, -0.25) is 0 Å². The Morgan fingerprint density at radius 3 is 2.80 bits per heavy atom. The molecule has 2 heterocycles. The van der Waals surface area contributed by atoms with Crippen LogP contribution in [0.5, 0.6) is 0 Å². The molecule has 0 spiro atoms. The highest BCUT2D eigenvalue weighted by Gasteiger charge is 2.09. The largest absolute Gasteiger partial charge is 0.464 e. The number of hydrogen-bond donors (Lipinski definition) is 1. The Bertz CT molecular complexity index is 499. The first kappa shape index (κ1) is 15.5. The molecule has 1 unspecified atom stereocenters. The fourth-order valence-electron chi connectivity index (χ4n) is 1.82. The zero-order valence-corrected chi connectivity index (χ0v) is 12.8. The Hall–Kier alpha value is -0.850. The molecule has 2 nitrogen and oxygen atoms in total. The van der Waals surface area contributed by atoms with E-state index in [0.717, 1.165) is 12.2 Å². The Morgan fingerprint density at radius 2 is 2.10 bits per heavy atom. The molecule has 6 heteroatoms. The molecule has 0 saturated carbocycles. The third-order valence-corrected chi connectivity index (χ3v) is 4.38. The van der Waals surface area contributed by atoms with Crippen molar-refractivity contribution in [3.63, 3.8) is 0 Å². The minimum atomic E-state index is -2.35. The van der Waals surface area contributed by atoms with E-state index in [1.807, 2.05) is 12.1 Å². The molecule has 0 bridgehead atoms. The molecule has 0 saturated heterocycles. The number of rotatable bonds is 8. The van der Waals surface area contributed by atoms with Crippen molar-refractivity contribution in [2.45, 2.75) is 37.4 Å². The van der Waals surface area contributed by atoms with Crippen LogP contribution in [0, 0.1) is 0 Å². The monoisotopic (exact) mass is 317 g/mol. The topological polar surface area (TPSA) is 25.2 Å². The molecule has 1 N–H and O–H groups in total. The van der Waals surface area contributed by atoms with E-state index in [-0.39, 0.29) is 5.75 Å². The second-order valence-corrected chi connectivity index (χ2v) is 6.52. The van der Waals surface area contributed by atoms with E-state index in [1.165, 1.54) is 4.88 Å². The lowest BCUT2D eigenvalue weighted by Crippen LogP contribution is -2.27. The molecular weight excluding hydrogens is 300 g/mol. The fourth-order valence-corrected chi connectivity index (χ4v) is 3.10. The van der Waals surface area contributed by atoms with Crippen LogP contribution in [-0.4, -0.2) is 11.8 Å². The molecule has 110 valence electrons. The lowest BCUT2D eigenvalue weighted by molar-refractivity contribution is 0.251. The highest BCUT2D eigenvalue weighted by Crippen LogP contribution is 2.21. The van der Waals surface area contributed by atoms with Crippen LogP contribution < -0.4 is 5.32 Å². The van der Waals surface area contributed by atoms with E-state index >= 15 is 0 Å². The summed E-state index contributed by atoms with van der Waals surface area (Å²) in [5, 5.41) is 5.44. The summed E-state index contributed by atoms with van der Waals surface area (Å²) in [7, 11) is 0. The van der Waals surface area contributed by atoms with Gasteiger partial charge >= 0.3 is 0 Å². The lowest BCUT2D eigenvalue weighted by Gasteiger charge is -2.11. The van der Waals surface area contributed by atoms with Gasteiger partial charge in [0.05, 0.1) is 12.3 Å². The first-order valence-corrected chi connectivity index (χ1v) is 8.29. The zero-order valence-electron chi connectivity index (χ0n) is 11.1. The molecule has 0 amide bonds. The summed E-state index contributed by atoms with van der Waals surface area (Å²) in [6.45, 7) is 2.74. The SMILES string of the molecule is CC(Cc1cccs1)NCc1ccc(CSC(F)F)o1. The maximum atomic E-state index is 12.1. The van der Waals surface area contributed by atoms with Crippen molar-refractivity contribution in [3.05, 3.63) is 46.0 Å². The maximum Gasteiger partial charge on any atom is 0.284 e. The van der Waals surface area contributed by atoms with Crippen molar-refractivity contribution in [3.8, 4) is 0 Å². The van der Waals surface area contributed by atoms with Gasteiger partial charge < -0.3 is 9.73 Å². The second-order valence-electron chi connectivity index (χ2n) is 4.51. The number of hydrogen-bond acceptors (Lipinski definition) is 4. The second kappa shape index (κ2) is 7.81. The van der Waals surface area contributed by atoms with Gasteiger partial charge in [-0.1, -0.05) is 17.8 Å². The maximum absolute atomic E-state index is 12.1. The van der Waals surface area contributed by atoms with Crippen LogP contribution in [0.25, 0.3) is 0 Å². The molecule has 2 aromatic heterocycles. The third-order valence-electron chi connectivity index (χ3n) is 2.78. The normalized spacial score (nSPS) is 13.0. The van der Waals surface area contributed by atoms with Gasteiger partial charge in [0.25, 0.3) is 5.76 Å². The van der Waals surface area contributed by atoms with E-state index in [2.05, 4.69) is 23.7 Å². The zero-order chi connectivity index (χ0) is 14.4. The van der Waals surface area contributed by atoms with E-state index in [0.29, 0.717) is 30.1 Å². The van der Waals surface area contributed by atoms with Crippen LogP contribution in [0.2, 0.25) is 0 Å². The predicted octanol–water partition coefficient (Wildman–Crippen LogP) is 4.52. The summed E-state index contributed by atoms with van der Waals surface area (Å²) < 4.78 is 29.6. The molecule has 0 aliphatic heterocycles. The van der Waals surface area contributed by atoms with Gasteiger partial charge in [-0.25, -0.2) is 0 Å². The molecule has 1 atom stereocenters. The molecule has 0 fully saturated rings. The van der Waals surface area contributed by atoms with Crippen molar-refractivity contribution in [1.82, 2.24) is 5.32 Å². The molecule has 0 radical (unpaired) electrons. The quantitative estimate of drug-likeness (QED) is 0.775. The van der Waals surface area contributed by atoms with Gasteiger partial charge in [0.1, 0.15) is 11.5 Å². The number of thiophene rings is 1. The van der Waals surface area contributed by atoms with Crippen molar-refractivity contribution in [2.24, 2.45) is 0 Å². The predicted molar refractivity (Wildman–Crippen MR) is 80.3 cm³/mol. The summed E-state index contributed by atoms with van der Waals surface area (Å²) in [6, 6.07) is 8.11. The summed E-state index contributed by atoms with van der Waals surface area (Å²) in [5.41, 5.74) is 0. The highest BCUT2D eigenvalue weighted by molar-refractivity contribution is 7.98. The number of halogens is 2. The Morgan fingerprint density at radius 1 is 1.30 bits per heavy atom. The molecule has 0 aliphatic rings. The highest BCUT2D eigenvalue weighted by atomic mass is 32.2. The minimum absolute atomic E-state index is 0.211. The molecule has 0 aromatic carbocycles. The number of furan rings is 1. The summed E-state index contributed by atoms with van der Waals surface area (Å²) in [5.74, 6) is -0.763. The summed E-state index contributed by atoms with van der Waals surface area (Å²) in [4.78, 5) is 1.35. The van der Waals surface area contributed by atoms with Crippen molar-refractivity contribution >= 4 is 23.1 Å². The molecule has 2 aromatic rings. The van der Waals surface area contributed by atoms with E-state index in [1.54, 1.807) is 17.4 Å². The lowest BCUT2D eigenvalue weighted by atomic mass is 10.2. The van der Waals surface area contributed by atoms with Crippen molar-refractivity contribution in [1.29, 1.82) is 0 Å². The van der Waals surface area contributed by atoms with Gasteiger partial charge in [0, 0.05) is 10.9 Å². The Labute approximate surface area is 125 Å². The fraction of sp³-hybridized carbons (Fsp3) is 0.429. The van der Waals surface area contributed by atoms with Crippen LogP contribution in [0.15, 0.2) is 34.1 Å². The van der Waals surface area contributed by atoms with E-state index < -0.39 is 5.76 Å². The first-order valence-electron chi connectivity index (χ1n) is 6.36. The number of nitrogens with one attached hydrogen (secondary N) is 1. The summed E-state index contributed by atoms with van der Waals surface area (Å²) >= 11 is 2.33. The molecule has 0 aliphatic carbocycles.